The fourth-order valence-corrected chi connectivity index (χ4v) is 3.92. The Hall–Kier alpha value is -0.870. The molecule has 0 saturated heterocycles. The van der Waals surface area contributed by atoms with Crippen molar-refractivity contribution in [3.63, 3.8) is 0 Å². The second kappa shape index (κ2) is 4.78. The van der Waals surface area contributed by atoms with Crippen molar-refractivity contribution in [1.82, 2.24) is 4.31 Å². The maximum absolute atomic E-state index is 12.1. The van der Waals surface area contributed by atoms with Gasteiger partial charge in [-0.05, 0) is 30.4 Å². The Kier molecular flexibility index (Phi) is 3.54. The molecule has 1 unspecified atom stereocenters. The molecule has 0 aromatic heterocycles. The molecule has 0 saturated carbocycles. The van der Waals surface area contributed by atoms with Crippen molar-refractivity contribution in [3.05, 3.63) is 35.4 Å². The number of benzene rings is 1. The van der Waals surface area contributed by atoms with E-state index in [1.807, 2.05) is 25.1 Å². The molecule has 0 spiro atoms. The number of aryl methyl sites for hydroxylation is 1. The van der Waals surface area contributed by atoms with Crippen LogP contribution in [0.2, 0.25) is 0 Å². The van der Waals surface area contributed by atoms with Crippen LogP contribution in [0.5, 0.6) is 0 Å². The number of hydrogen-bond donors (Lipinski definition) is 0. The van der Waals surface area contributed by atoms with E-state index in [9.17, 15) is 8.42 Å². The molecule has 4 heteroatoms. The SMILES string of the molecule is CCCS(=O)(=O)N(C)C1CCc2ccccc21. The zero-order chi connectivity index (χ0) is 12.5. The van der Waals surface area contributed by atoms with Crippen LogP contribution in [0.3, 0.4) is 0 Å². The summed E-state index contributed by atoms with van der Waals surface area (Å²) in [6.45, 7) is 1.90. The molecular weight excluding hydrogens is 234 g/mol. The lowest BCUT2D eigenvalue weighted by Gasteiger charge is -2.24. The summed E-state index contributed by atoms with van der Waals surface area (Å²) in [7, 11) is -1.40. The van der Waals surface area contributed by atoms with Gasteiger partial charge in [-0.2, -0.15) is 4.31 Å². The van der Waals surface area contributed by atoms with Gasteiger partial charge >= 0.3 is 0 Å². The van der Waals surface area contributed by atoms with E-state index < -0.39 is 10.0 Å². The van der Waals surface area contributed by atoms with Gasteiger partial charge in [-0.25, -0.2) is 8.42 Å². The van der Waals surface area contributed by atoms with Crippen LogP contribution >= 0.6 is 0 Å². The Morgan fingerprint density at radius 1 is 1.35 bits per heavy atom. The first-order chi connectivity index (χ1) is 8.06. The molecule has 0 radical (unpaired) electrons. The van der Waals surface area contributed by atoms with E-state index in [1.165, 1.54) is 11.1 Å². The van der Waals surface area contributed by atoms with Gasteiger partial charge in [0.25, 0.3) is 0 Å². The summed E-state index contributed by atoms with van der Waals surface area (Å²) < 4.78 is 25.7. The second-order valence-corrected chi connectivity index (χ2v) is 6.73. The molecule has 0 aliphatic heterocycles. The van der Waals surface area contributed by atoms with Crippen molar-refractivity contribution in [2.24, 2.45) is 0 Å². The highest BCUT2D eigenvalue weighted by Crippen LogP contribution is 2.36. The molecule has 1 aliphatic carbocycles. The third kappa shape index (κ3) is 2.38. The fourth-order valence-electron chi connectivity index (χ4n) is 2.51. The first kappa shape index (κ1) is 12.6. The van der Waals surface area contributed by atoms with Crippen LogP contribution in [0.1, 0.15) is 36.9 Å². The molecular formula is C13H19NO2S. The van der Waals surface area contributed by atoms with Crippen LogP contribution in [0.15, 0.2) is 24.3 Å². The van der Waals surface area contributed by atoms with Gasteiger partial charge in [-0.15, -0.1) is 0 Å². The molecule has 0 heterocycles. The fraction of sp³-hybridized carbons (Fsp3) is 0.538. The Morgan fingerprint density at radius 2 is 2.06 bits per heavy atom. The largest absolute Gasteiger partial charge is 0.214 e. The van der Waals surface area contributed by atoms with E-state index in [0.717, 1.165) is 12.8 Å². The summed E-state index contributed by atoms with van der Waals surface area (Å²) in [5, 5.41) is 0. The number of hydrogen-bond acceptors (Lipinski definition) is 2. The van der Waals surface area contributed by atoms with Crippen molar-refractivity contribution in [2.75, 3.05) is 12.8 Å². The second-order valence-electron chi connectivity index (χ2n) is 4.59. The van der Waals surface area contributed by atoms with Gasteiger partial charge in [0.15, 0.2) is 0 Å². The lowest BCUT2D eigenvalue weighted by molar-refractivity contribution is 0.374. The Labute approximate surface area is 104 Å². The standard InChI is InChI=1S/C13H19NO2S/c1-3-10-17(15,16)14(2)13-9-8-11-6-4-5-7-12(11)13/h4-7,13H,3,8-10H2,1-2H3. The van der Waals surface area contributed by atoms with E-state index >= 15 is 0 Å². The van der Waals surface area contributed by atoms with Crippen molar-refractivity contribution in [3.8, 4) is 0 Å². The van der Waals surface area contributed by atoms with Gasteiger partial charge in [-0.3, -0.25) is 0 Å². The number of rotatable bonds is 4. The quantitative estimate of drug-likeness (QED) is 0.826. The predicted octanol–water partition coefficient (Wildman–Crippen LogP) is 2.35. The zero-order valence-corrected chi connectivity index (χ0v) is 11.2. The van der Waals surface area contributed by atoms with Crippen molar-refractivity contribution in [2.45, 2.75) is 32.2 Å². The minimum atomic E-state index is -3.10. The van der Waals surface area contributed by atoms with Crippen LogP contribution in [0, 0.1) is 0 Å². The Balaban J connectivity index is 2.26. The van der Waals surface area contributed by atoms with Gasteiger partial charge in [0.2, 0.25) is 10.0 Å². The molecule has 0 fully saturated rings. The van der Waals surface area contributed by atoms with Gasteiger partial charge < -0.3 is 0 Å². The highest BCUT2D eigenvalue weighted by Gasteiger charge is 2.31. The van der Waals surface area contributed by atoms with E-state index in [4.69, 9.17) is 0 Å². The van der Waals surface area contributed by atoms with Crippen LogP contribution in [-0.4, -0.2) is 25.5 Å². The molecule has 1 aromatic carbocycles. The number of sulfonamides is 1. The third-order valence-corrected chi connectivity index (χ3v) is 5.50. The molecule has 3 nitrogen and oxygen atoms in total. The van der Waals surface area contributed by atoms with Crippen LogP contribution in [-0.2, 0) is 16.4 Å². The summed E-state index contributed by atoms with van der Waals surface area (Å²) in [5.74, 6) is 0.238. The van der Waals surface area contributed by atoms with Gasteiger partial charge in [0.05, 0.1) is 5.75 Å². The van der Waals surface area contributed by atoms with Crippen LogP contribution < -0.4 is 0 Å². The van der Waals surface area contributed by atoms with Gasteiger partial charge in [0, 0.05) is 13.1 Å². The van der Waals surface area contributed by atoms with Gasteiger partial charge in [-0.1, -0.05) is 31.2 Å². The average molecular weight is 253 g/mol. The van der Waals surface area contributed by atoms with Crippen LogP contribution in [0.4, 0.5) is 0 Å². The van der Waals surface area contributed by atoms with E-state index in [2.05, 4.69) is 6.07 Å². The Morgan fingerprint density at radius 3 is 2.76 bits per heavy atom. The lowest BCUT2D eigenvalue weighted by Crippen LogP contribution is -2.32. The molecule has 0 amide bonds. The monoisotopic (exact) mass is 253 g/mol. The first-order valence-corrected chi connectivity index (χ1v) is 7.70. The number of nitrogens with zero attached hydrogens (tertiary/aromatic N) is 1. The minimum Gasteiger partial charge on any atom is -0.212 e. The highest BCUT2D eigenvalue weighted by atomic mass is 32.2. The summed E-state index contributed by atoms with van der Waals surface area (Å²) in [6, 6.07) is 8.17. The summed E-state index contributed by atoms with van der Waals surface area (Å²) in [5.41, 5.74) is 2.46. The lowest BCUT2D eigenvalue weighted by atomic mass is 10.1. The first-order valence-electron chi connectivity index (χ1n) is 6.09. The normalized spacial score (nSPS) is 19.6. The van der Waals surface area contributed by atoms with Crippen LogP contribution in [0.25, 0.3) is 0 Å². The summed E-state index contributed by atoms with van der Waals surface area (Å²) in [4.78, 5) is 0. The highest BCUT2D eigenvalue weighted by molar-refractivity contribution is 7.89. The van der Waals surface area contributed by atoms with Crippen molar-refractivity contribution < 1.29 is 8.42 Å². The predicted molar refractivity (Wildman–Crippen MR) is 69.3 cm³/mol. The van der Waals surface area contributed by atoms with Crippen molar-refractivity contribution >= 4 is 10.0 Å². The molecule has 0 N–H and O–H groups in total. The van der Waals surface area contributed by atoms with E-state index in [0.29, 0.717) is 6.42 Å². The summed E-state index contributed by atoms with van der Waals surface area (Å²) >= 11 is 0. The molecule has 0 bridgehead atoms. The molecule has 17 heavy (non-hydrogen) atoms. The molecule has 94 valence electrons. The van der Waals surface area contributed by atoms with E-state index in [-0.39, 0.29) is 11.8 Å². The average Bonchev–Trinajstić information content (AvgIpc) is 2.71. The van der Waals surface area contributed by atoms with Gasteiger partial charge in [0.1, 0.15) is 0 Å². The van der Waals surface area contributed by atoms with E-state index in [1.54, 1.807) is 11.4 Å². The molecule has 1 atom stereocenters. The molecule has 1 aliphatic rings. The smallest absolute Gasteiger partial charge is 0.212 e. The maximum atomic E-state index is 12.1. The number of fused-ring (bicyclic) bond motifs is 1. The maximum Gasteiger partial charge on any atom is 0.214 e. The zero-order valence-electron chi connectivity index (χ0n) is 10.4. The summed E-state index contributed by atoms with van der Waals surface area (Å²) in [6.07, 6.45) is 2.55. The Bertz CT molecular complexity index is 496. The topological polar surface area (TPSA) is 37.4 Å². The molecule has 2 rings (SSSR count). The molecule has 1 aromatic rings. The third-order valence-electron chi connectivity index (χ3n) is 3.44. The minimum absolute atomic E-state index is 0.0303. The van der Waals surface area contributed by atoms with Crippen molar-refractivity contribution in [1.29, 1.82) is 0 Å².